The van der Waals surface area contributed by atoms with Gasteiger partial charge in [0.05, 0.1) is 0 Å². The summed E-state index contributed by atoms with van der Waals surface area (Å²) in [6, 6.07) is 8.37. The number of rotatable bonds is 2. The fourth-order valence-electron chi connectivity index (χ4n) is 2.22. The summed E-state index contributed by atoms with van der Waals surface area (Å²) in [6.07, 6.45) is 0. The molecule has 0 aromatic heterocycles. The van der Waals surface area contributed by atoms with Crippen molar-refractivity contribution in [3.8, 4) is 0 Å². The van der Waals surface area contributed by atoms with Gasteiger partial charge in [-0.05, 0) is 60.7 Å². The number of benzene rings is 1. The second-order valence-corrected chi connectivity index (χ2v) is 6.17. The van der Waals surface area contributed by atoms with Gasteiger partial charge in [-0.2, -0.15) is 0 Å². The topological polar surface area (TPSA) is 23.6 Å². The van der Waals surface area contributed by atoms with Gasteiger partial charge in [-0.25, -0.2) is 0 Å². The molecule has 1 aliphatic rings. The molecular formula is C14H19IN2O. The smallest absolute Gasteiger partial charge is 0.253 e. The van der Waals surface area contributed by atoms with Gasteiger partial charge in [0.25, 0.3) is 5.91 Å². The monoisotopic (exact) mass is 358 g/mol. The number of hydrogen-bond acceptors (Lipinski definition) is 2. The number of carbonyl (C=O) groups is 1. The maximum Gasteiger partial charge on any atom is 0.253 e. The van der Waals surface area contributed by atoms with Crippen molar-refractivity contribution < 1.29 is 4.79 Å². The Morgan fingerprint density at radius 2 is 1.67 bits per heavy atom. The van der Waals surface area contributed by atoms with Crippen molar-refractivity contribution in [2.24, 2.45) is 0 Å². The molecule has 98 valence electrons. The van der Waals surface area contributed by atoms with Gasteiger partial charge >= 0.3 is 0 Å². The van der Waals surface area contributed by atoms with Crippen molar-refractivity contribution in [2.75, 3.05) is 26.2 Å². The number of nitrogens with zero attached hydrogens (tertiary/aromatic N) is 2. The molecule has 0 radical (unpaired) electrons. The standard InChI is InChI=1S/C14H19IN2O/c1-11(2)16-7-9-17(10-8-16)14(18)12-3-5-13(15)6-4-12/h3-6,11H,7-10H2,1-2H3. The van der Waals surface area contributed by atoms with E-state index in [1.807, 2.05) is 29.2 Å². The predicted molar refractivity (Wildman–Crippen MR) is 81.8 cm³/mol. The zero-order valence-corrected chi connectivity index (χ0v) is 13.1. The largest absolute Gasteiger partial charge is 0.336 e. The van der Waals surface area contributed by atoms with E-state index in [2.05, 4.69) is 41.3 Å². The molecule has 1 saturated heterocycles. The van der Waals surface area contributed by atoms with Crippen LogP contribution in [0, 0.1) is 3.57 Å². The van der Waals surface area contributed by atoms with Crippen LogP contribution in [0.4, 0.5) is 0 Å². The summed E-state index contributed by atoms with van der Waals surface area (Å²) in [6.45, 7) is 8.04. The second kappa shape index (κ2) is 6.02. The highest BCUT2D eigenvalue weighted by Gasteiger charge is 2.22. The third-order valence-electron chi connectivity index (χ3n) is 3.42. The first-order valence-electron chi connectivity index (χ1n) is 6.37. The fourth-order valence-corrected chi connectivity index (χ4v) is 2.58. The lowest BCUT2D eigenvalue weighted by Gasteiger charge is -2.36. The molecule has 0 saturated carbocycles. The number of piperazine rings is 1. The Morgan fingerprint density at radius 1 is 1.11 bits per heavy atom. The molecule has 0 atom stereocenters. The molecule has 0 unspecified atom stereocenters. The molecule has 1 heterocycles. The van der Waals surface area contributed by atoms with Gasteiger partial charge in [0.2, 0.25) is 0 Å². The SMILES string of the molecule is CC(C)N1CCN(C(=O)c2ccc(I)cc2)CC1. The van der Waals surface area contributed by atoms with E-state index in [4.69, 9.17) is 0 Å². The molecule has 0 bridgehead atoms. The molecule has 0 N–H and O–H groups in total. The van der Waals surface area contributed by atoms with Crippen LogP contribution >= 0.6 is 22.6 Å². The Hall–Kier alpha value is -0.620. The van der Waals surface area contributed by atoms with Crippen LogP contribution in [0.1, 0.15) is 24.2 Å². The Morgan fingerprint density at radius 3 is 2.17 bits per heavy atom. The molecule has 2 rings (SSSR count). The summed E-state index contributed by atoms with van der Waals surface area (Å²) < 4.78 is 1.16. The zero-order chi connectivity index (χ0) is 13.1. The number of halogens is 1. The number of carbonyl (C=O) groups excluding carboxylic acids is 1. The lowest BCUT2D eigenvalue weighted by Crippen LogP contribution is -2.50. The van der Waals surface area contributed by atoms with Crippen LogP contribution in [0.5, 0.6) is 0 Å². The van der Waals surface area contributed by atoms with E-state index in [-0.39, 0.29) is 5.91 Å². The predicted octanol–water partition coefficient (Wildman–Crippen LogP) is 2.46. The van der Waals surface area contributed by atoms with Gasteiger partial charge in [-0.1, -0.05) is 0 Å². The van der Waals surface area contributed by atoms with Gasteiger partial charge in [0.15, 0.2) is 0 Å². The van der Waals surface area contributed by atoms with Crippen LogP contribution in [-0.4, -0.2) is 47.9 Å². The zero-order valence-electron chi connectivity index (χ0n) is 10.9. The van der Waals surface area contributed by atoms with Crippen LogP contribution in [0.2, 0.25) is 0 Å². The Balaban J connectivity index is 1.97. The fraction of sp³-hybridized carbons (Fsp3) is 0.500. The molecule has 1 amide bonds. The maximum absolute atomic E-state index is 12.3. The first-order valence-corrected chi connectivity index (χ1v) is 7.44. The average molecular weight is 358 g/mol. The summed E-state index contributed by atoms with van der Waals surface area (Å²) in [4.78, 5) is 16.7. The van der Waals surface area contributed by atoms with E-state index in [1.54, 1.807) is 0 Å². The molecular weight excluding hydrogens is 339 g/mol. The van der Waals surface area contributed by atoms with Gasteiger partial charge < -0.3 is 4.90 Å². The van der Waals surface area contributed by atoms with Gasteiger partial charge in [0.1, 0.15) is 0 Å². The molecule has 4 heteroatoms. The van der Waals surface area contributed by atoms with Crippen molar-refractivity contribution >= 4 is 28.5 Å². The van der Waals surface area contributed by atoms with E-state index in [0.717, 1.165) is 35.3 Å². The van der Waals surface area contributed by atoms with Gasteiger partial charge in [0, 0.05) is 41.4 Å². The molecule has 0 spiro atoms. The average Bonchev–Trinajstić information content (AvgIpc) is 2.39. The highest BCUT2D eigenvalue weighted by molar-refractivity contribution is 14.1. The second-order valence-electron chi connectivity index (χ2n) is 4.93. The highest BCUT2D eigenvalue weighted by atomic mass is 127. The Bertz CT molecular complexity index is 408. The molecule has 1 aromatic carbocycles. The van der Waals surface area contributed by atoms with Crippen LogP contribution in [0.25, 0.3) is 0 Å². The quantitative estimate of drug-likeness (QED) is 0.759. The normalized spacial score (nSPS) is 17.2. The molecule has 18 heavy (non-hydrogen) atoms. The van der Waals surface area contributed by atoms with Crippen molar-refractivity contribution in [1.82, 2.24) is 9.80 Å². The van der Waals surface area contributed by atoms with E-state index in [0.29, 0.717) is 6.04 Å². The molecule has 3 nitrogen and oxygen atoms in total. The van der Waals surface area contributed by atoms with Crippen LogP contribution < -0.4 is 0 Å². The van der Waals surface area contributed by atoms with E-state index >= 15 is 0 Å². The summed E-state index contributed by atoms with van der Waals surface area (Å²) in [7, 11) is 0. The summed E-state index contributed by atoms with van der Waals surface area (Å²) in [5.41, 5.74) is 0.799. The Labute approximate surface area is 122 Å². The van der Waals surface area contributed by atoms with Crippen molar-refractivity contribution in [1.29, 1.82) is 0 Å². The minimum atomic E-state index is 0.162. The summed E-state index contributed by atoms with van der Waals surface area (Å²) >= 11 is 2.25. The van der Waals surface area contributed by atoms with E-state index < -0.39 is 0 Å². The third-order valence-corrected chi connectivity index (χ3v) is 4.14. The van der Waals surface area contributed by atoms with Crippen molar-refractivity contribution in [3.63, 3.8) is 0 Å². The first kappa shape index (κ1) is 13.8. The van der Waals surface area contributed by atoms with Crippen LogP contribution in [-0.2, 0) is 0 Å². The summed E-state index contributed by atoms with van der Waals surface area (Å²) in [5.74, 6) is 0.162. The highest BCUT2D eigenvalue weighted by Crippen LogP contribution is 2.12. The third kappa shape index (κ3) is 3.23. The number of amides is 1. The molecule has 1 aliphatic heterocycles. The molecule has 1 aromatic rings. The first-order chi connectivity index (χ1) is 8.58. The van der Waals surface area contributed by atoms with Crippen LogP contribution in [0.15, 0.2) is 24.3 Å². The lowest BCUT2D eigenvalue weighted by atomic mass is 10.1. The lowest BCUT2D eigenvalue weighted by molar-refractivity contribution is 0.0595. The van der Waals surface area contributed by atoms with E-state index in [9.17, 15) is 4.79 Å². The van der Waals surface area contributed by atoms with Crippen molar-refractivity contribution in [3.05, 3.63) is 33.4 Å². The maximum atomic E-state index is 12.3. The van der Waals surface area contributed by atoms with Gasteiger partial charge in [-0.15, -0.1) is 0 Å². The van der Waals surface area contributed by atoms with E-state index in [1.165, 1.54) is 0 Å². The minimum Gasteiger partial charge on any atom is -0.336 e. The molecule has 1 fully saturated rings. The Kier molecular flexibility index (Phi) is 4.61. The number of hydrogen-bond donors (Lipinski definition) is 0. The summed E-state index contributed by atoms with van der Waals surface area (Å²) in [5, 5.41) is 0. The van der Waals surface area contributed by atoms with Gasteiger partial charge in [-0.3, -0.25) is 9.69 Å². The van der Waals surface area contributed by atoms with Crippen LogP contribution in [0.3, 0.4) is 0 Å². The van der Waals surface area contributed by atoms with Crippen molar-refractivity contribution in [2.45, 2.75) is 19.9 Å². The minimum absolute atomic E-state index is 0.162. The molecule has 0 aliphatic carbocycles.